The number of hydrogen-bond acceptors (Lipinski definition) is 3. The van der Waals surface area contributed by atoms with Gasteiger partial charge in [-0.2, -0.15) is 0 Å². The summed E-state index contributed by atoms with van der Waals surface area (Å²) in [4.78, 5) is 5.83. The van der Waals surface area contributed by atoms with E-state index in [9.17, 15) is 4.39 Å². The van der Waals surface area contributed by atoms with Crippen LogP contribution in [-0.2, 0) is 0 Å². The van der Waals surface area contributed by atoms with Crippen molar-refractivity contribution in [3.05, 3.63) is 48.4 Å². The minimum absolute atomic E-state index is 0.257. The van der Waals surface area contributed by atoms with Crippen LogP contribution in [0.25, 0.3) is 0 Å². The van der Waals surface area contributed by atoms with Gasteiger partial charge in [-0.3, -0.25) is 0 Å². The molecule has 0 aliphatic heterocycles. The van der Waals surface area contributed by atoms with Crippen molar-refractivity contribution in [2.75, 3.05) is 17.7 Å². The Morgan fingerprint density at radius 2 is 2.00 bits per heavy atom. The first-order chi connectivity index (χ1) is 7.66. The van der Waals surface area contributed by atoms with E-state index in [1.807, 2.05) is 24.1 Å². The molecule has 4 heteroatoms. The summed E-state index contributed by atoms with van der Waals surface area (Å²) >= 11 is 0. The third-order valence-corrected chi connectivity index (χ3v) is 2.35. The predicted octanol–water partition coefficient (Wildman–Crippen LogP) is 2.57. The smallest absolute Gasteiger partial charge is 0.125 e. The number of nitrogens with zero attached hydrogens (tertiary/aromatic N) is 2. The lowest BCUT2D eigenvalue weighted by atomic mass is 10.2. The Morgan fingerprint density at radius 1 is 1.19 bits per heavy atom. The van der Waals surface area contributed by atoms with Crippen LogP contribution in [0, 0.1) is 5.82 Å². The summed E-state index contributed by atoms with van der Waals surface area (Å²) in [5.41, 5.74) is 7.13. The molecule has 82 valence electrons. The van der Waals surface area contributed by atoms with Crippen LogP contribution in [0.3, 0.4) is 0 Å². The third-order valence-electron chi connectivity index (χ3n) is 2.35. The van der Waals surface area contributed by atoms with E-state index >= 15 is 0 Å². The highest BCUT2D eigenvalue weighted by atomic mass is 19.1. The van der Waals surface area contributed by atoms with Gasteiger partial charge in [0.1, 0.15) is 11.6 Å². The van der Waals surface area contributed by atoms with Gasteiger partial charge in [0.15, 0.2) is 0 Å². The lowest BCUT2D eigenvalue weighted by molar-refractivity contribution is 0.628. The number of rotatable bonds is 2. The first-order valence-electron chi connectivity index (χ1n) is 4.87. The molecule has 0 aliphatic rings. The van der Waals surface area contributed by atoms with Crippen molar-refractivity contribution in [1.29, 1.82) is 0 Å². The number of pyridine rings is 1. The first-order valence-corrected chi connectivity index (χ1v) is 4.87. The van der Waals surface area contributed by atoms with Crippen LogP contribution in [-0.4, -0.2) is 12.0 Å². The molecule has 3 nitrogen and oxygen atoms in total. The number of anilines is 3. The maximum atomic E-state index is 13.0. The van der Waals surface area contributed by atoms with Crippen LogP contribution in [0.5, 0.6) is 0 Å². The predicted molar refractivity (Wildman–Crippen MR) is 63.1 cm³/mol. The Bertz CT molecular complexity index is 482. The minimum Gasteiger partial charge on any atom is -0.384 e. The molecule has 2 rings (SSSR count). The molecule has 0 atom stereocenters. The van der Waals surface area contributed by atoms with E-state index in [0.29, 0.717) is 5.82 Å². The highest BCUT2D eigenvalue weighted by molar-refractivity contribution is 5.62. The van der Waals surface area contributed by atoms with Crippen molar-refractivity contribution < 1.29 is 4.39 Å². The quantitative estimate of drug-likeness (QED) is 0.840. The van der Waals surface area contributed by atoms with Crippen molar-refractivity contribution in [2.24, 2.45) is 0 Å². The van der Waals surface area contributed by atoms with Gasteiger partial charge in [0, 0.05) is 12.7 Å². The van der Waals surface area contributed by atoms with Gasteiger partial charge in [0.2, 0.25) is 0 Å². The summed E-state index contributed by atoms with van der Waals surface area (Å²) in [6, 6.07) is 9.94. The maximum Gasteiger partial charge on any atom is 0.125 e. The summed E-state index contributed by atoms with van der Waals surface area (Å²) < 4.78 is 13.0. The molecule has 0 unspecified atom stereocenters. The van der Waals surface area contributed by atoms with Gasteiger partial charge in [0.05, 0.1) is 11.9 Å². The fourth-order valence-corrected chi connectivity index (χ4v) is 1.43. The molecule has 0 spiro atoms. The van der Waals surface area contributed by atoms with E-state index in [2.05, 4.69) is 4.98 Å². The Balaban J connectivity index is 2.31. The van der Waals surface area contributed by atoms with Crippen LogP contribution in [0.15, 0.2) is 42.6 Å². The Morgan fingerprint density at radius 3 is 2.62 bits per heavy atom. The fraction of sp³-hybridized carbons (Fsp3) is 0.0833. The SMILES string of the molecule is CN(c1ccc(N)nc1)c1cccc(F)c1. The van der Waals surface area contributed by atoms with E-state index in [1.165, 1.54) is 12.1 Å². The molecular weight excluding hydrogens is 205 g/mol. The Hall–Kier alpha value is -2.10. The van der Waals surface area contributed by atoms with Crippen molar-refractivity contribution in [1.82, 2.24) is 4.98 Å². The lowest BCUT2D eigenvalue weighted by Crippen LogP contribution is -2.10. The summed E-state index contributed by atoms with van der Waals surface area (Å²) in [5, 5.41) is 0. The van der Waals surface area contributed by atoms with E-state index in [1.54, 1.807) is 18.3 Å². The third kappa shape index (κ3) is 2.11. The molecule has 1 aromatic heterocycles. The first kappa shape index (κ1) is 10.4. The lowest BCUT2D eigenvalue weighted by Gasteiger charge is -2.18. The molecule has 0 radical (unpaired) electrons. The second-order valence-electron chi connectivity index (χ2n) is 3.48. The molecule has 0 saturated heterocycles. The van der Waals surface area contributed by atoms with Crippen LogP contribution in [0.1, 0.15) is 0 Å². The topological polar surface area (TPSA) is 42.1 Å². The van der Waals surface area contributed by atoms with Crippen molar-refractivity contribution >= 4 is 17.2 Å². The number of nitrogen functional groups attached to an aromatic ring is 1. The van der Waals surface area contributed by atoms with E-state index in [-0.39, 0.29) is 5.82 Å². The number of nitrogens with two attached hydrogens (primary N) is 1. The van der Waals surface area contributed by atoms with Crippen molar-refractivity contribution in [3.8, 4) is 0 Å². The average Bonchev–Trinajstić information content (AvgIpc) is 2.29. The summed E-state index contributed by atoms with van der Waals surface area (Å²) in [5.74, 6) is 0.212. The van der Waals surface area contributed by atoms with Gasteiger partial charge in [-0.05, 0) is 30.3 Å². The zero-order valence-corrected chi connectivity index (χ0v) is 8.89. The summed E-state index contributed by atoms with van der Waals surface area (Å²) in [6.45, 7) is 0. The van der Waals surface area contributed by atoms with Crippen molar-refractivity contribution in [2.45, 2.75) is 0 Å². The maximum absolute atomic E-state index is 13.0. The van der Waals surface area contributed by atoms with Crippen LogP contribution in [0.2, 0.25) is 0 Å². The van der Waals surface area contributed by atoms with Crippen molar-refractivity contribution in [3.63, 3.8) is 0 Å². The second kappa shape index (κ2) is 4.18. The van der Waals surface area contributed by atoms with Gasteiger partial charge in [0.25, 0.3) is 0 Å². The molecule has 0 fully saturated rings. The number of benzene rings is 1. The number of aromatic nitrogens is 1. The molecule has 1 aromatic carbocycles. The average molecular weight is 217 g/mol. The second-order valence-corrected chi connectivity index (χ2v) is 3.48. The molecule has 2 aromatic rings. The molecule has 0 amide bonds. The highest BCUT2D eigenvalue weighted by Crippen LogP contribution is 2.23. The molecule has 0 aliphatic carbocycles. The molecule has 0 saturated carbocycles. The zero-order chi connectivity index (χ0) is 11.5. The van der Waals surface area contributed by atoms with E-state index in [4.69, 9.17) is 5.73 Å². The van der Waals surface area contributed by atoms with Crippen LogP contribution in [0.4, 0.5) is 21.6 Å². The van der Waals surface area contributed by atoms with Gasteiger partial charge in [-0.15, -0.1) is 0 Å². The largest absolute Gasteiger partial charge is 0.384 e. The normalized spacial score (nSPS) is 10.1. The molecule has 16 heavy (non-hydrogen) atoms. The molecular formula is C12H12FN3. The molecule has 0 bridgehead atoms. The minimum atomic E-state index is -0.257. The van der Waals surface area contributed by atoms with Gasteiger partial charge < -0.3 is 10.6 Å². The Labute approximate surface area is 93.3 Å². The zero-order valence-electron chi connectivity index (χ0n) is 8.89. The van der Waals surface area contributed by atoms with E-state index < -0.39 is 0 Å². The van der Waals surface area contributed by atoms with E-state index in [0.717, 1.165) is 11.4 Å². The molecule has 1 heterocycles. The van der Waals surface area contributed by atoms with Gasteiger partial charge >= 0.3 is 0 Å². The number of halogens is 1. The molecule has 2 N–H and O–H groups in total. The van der Waals surface area contributed by atoms with Gasteiger partial charge in [-0.25, -0.2) is 9.37 Å². The standard InChI is InChI=1S/C12H12FN3/c1-16(10-4-2-3-9(13)7-10)11-5-6-12(14)15-8-11/h2-8H,1H3,(H2,14,15). The van der Waals surface area contributed by atoms with Crippen LogP contribution < -0.4 is 10.6 Å². The summed E-state index contributed by atoms with van der Waals surface area (Å²) in [7, 11) is 1.85. The summed E-state index contributed by atoms with van der Waals surface area (Å²) in [6.07, 6.45) is 1.65. The Kier molecular flexibility index (Phi) is 2.72. The fourth-order valence-electron chi connectivity index (χ4n) is 1.43. The van der Waals surface area contributed by atoms with Gasteiger partial charge in [-0.1, -0.05) is 6.07 Å². The van der Waals surface area contributed by atoms with Crippen LogP contribution >= 0.6 is 0 Å². The number of hydrogen-bond donors (Lipinski definition) is 1. The highest BCUT2D eigenvalue weighted by Gasteiger charge is 2.04. The monoisotopic (exact) mass is 217 g/mol.